The van der Waals surface area contributed by atoms with Crippen LogP contribution in [-0.4, -0.2) is 32.9 Å². The van der Waals surface area contributed by atoms with Gasteiger partial charge in [-0.2, -0.15) is 0 Å². The van der Waals surface area contributed by atoms with Gasteiger partial charge in [-0.1, -0.05) is 31.9 Å². The summed E-state index contributed by atoms with van der Waals surface area (Å²) in [5.74, 6) is 2.04. The summed E-state index contributed by atoms with van der Waals surface area (Å²) in [7, 11) is 0. The average molecular weight is 325 g/mol. The molecular formula is C20H27N3O. The molecule has 1 saturated heterocycles. The molecule has 0 radical (unpaired) electrons. The molecule has 1 aromatic carbocycles. The smallest absolute Gasteiger partial charge is 0.242 e. The highest BCUT2D eigenvalue weighted by Gasteiger charge is 2.35. The Balaban J connectivity index is 1.59. The highest BCUT2D eigenvalue weighted by atomic mass is 16.2. The SMILES string of the molecule is CCc1nc2ccccc2n1CC(=O)N1CCCC2CCCCC21. The lowest BCUT2D eigenvalue weighted by Gasteiger charge is -2.44. The second kappa shape index (κ2) is 6.58. The Bertz CT molecular complexity index is 734. The van der Waals surface area contributed by atoms with Crippen LogP contribution in [0.15, 0.2) is 24.3 Å². The van der Waals surface area contributed by atoms with Gasteiger partial charge in [0.05, 0.1) is 11.0 Å². The number of hydrogen-bond donors (Lipinski definition) is 0. The zero-order chi connectivity index (χ0) is 16.5. The summed E-state index contributed by atoms with van der Waals surface area (Å²) in [6, 6.07) is 8.64. The van der Waals surface area contributed by atoms with E-state index in [0.717, 1.165) is 42.2 Å². The molecular weight excluding hydrogens is 298 g/mol. The van der Waals surface area contributed by atoms with Crippen molar-refractivity contribution in [3.63, 3.8) is 0 Å². The molecule has 24 heavy (non-hydrogen) atoms. The molecule has 4 nitrogen and oxygen atoms in total. The lowest BCUT2D eigenvalue weighted by Crippen LogP contribution is -2.50. The fraction of sp³-hybridized carbons (Fsp3) is 0.600. The highest BCUT2D eigenvalue weighted by Crippen LogP contribution is 2.35. The van der Waals surface area contributed by atoms with Gasteiger partial charge in [-0.3, -0.25) is 4.79 Å². The third-order valence-corrected chi connectivity index (χ3v) is 5.91. The fourth-order valence-electron chi connectivity index (χ4n) is 4.73. The van der Waals surface area contributed by atoms with Gasteiger partial charge in [-0.05, 0) is 43.7 Å². The van der Waals surface area contributed by atoms with Gasteiger partial charge in [0, 0.05) is 19.0 Å². The van der Waals surface area contributed by atoms with Crippen LogP contribution in [0, 0.1) is 5.92 Å². The van der Waals surface area contributed by atoms with E-state index in [9.17, 15) is 4.79 Å². The van der Waals surface area contributed by atoms with E-state index in [4.69, 9.17) is 4.98 Å². The minimum Gasteiger partial charge on any atom is -0.338 e. The van der Waals surface area contributed by atoms with Crippen LogP contribution in [0.4, 0.5) is 0 Å². The number of aromatic nitrogens is 2. The second-order valence-corrected chi connectivity index (χ2v) is 7.30. The van der Waals surface area contributed by atoms with Gasteiger partial charge < -0.3 is 9.47 Å². The predicted octanol–water partition coefficient (Wildman–Crippen LogP) is 3.78. The lowest BCUT2D eigenvalue weighted by atomic mass is 9.78. The number of fused-ring (bicyclic) bond motifs is 2. The standard InChI is InChI=1S/C20H27N3O/c1-2-19-21-16-10-4-6-12-18(16)23(19)14-20(24)22-13-7-9-15-8-3-5-11-17(15)22/h4,6,10,12,15,17H,2-3,5,7-9,11,13-14H2,1H3. The molecule has 2 aliphatic rings. The van der Waals surface area contributed by atoms with Gasteiger partial charge in [0.1, 0.15) is 12.4 Å². The first kappa shape index (κ1) is 15.7. The fourth-order valence-corrected chi connectivity index (χ4v) is 4.73. The lowest BCUT2D eigenvalue weighted by molar-refractivity contribution is -0.138. The van der Waals surface area contributed by atoms with Crippen molar-refractivity contribution >= 4 is 16.9 Å². The maximum Gasteiger partial charge on any atom is 0.242 e. The molecule has 2 unspecified atom stereocenters. The Hall–Kier alpha value is -1.84. The molecule has 2 heterocycles. The molecule has 1 saturated carbocycles. The maximum absolute atomic E-state index is 13.1. The summed E-state index contributed by atoms with van der Waals surface area (Å²) in [6.07, 6.45) is 8.45. The van der Waals surface area contributed by atoms with Crippen LogP contribution in [0.2, 0.25) is 0 Å². The molecule has 1 amide bonds. The van der Waals surface area contributed by atoms with Crippen molar-refractivity contribution in [2.75, 3.05) is 6.54 Å². The zero-order valence-corrected chi connectivity index (χ0v) is 14.6. The van der Waals surface area contributed by atoms with Gasteiger partial charge in [-0.15, -0.1) is 0 Å². The monoisotopic (exact) mass is 325 g/mol. The summed E-state index contributed by atoms with van der Waals surface area (Å²) >= 11 is 0. The van der Waals surface area contributed by atoms with Crippen molar-refractivity contribution < 1.29 is 4.79 Å². The van der Waals surface area contributed by atoms with E-state index in [1.165, 1.54) is 32.1 Å². The molecule has 0 N–H and O–H groups in total. The molecule has 2 atom stereocenters. The Morgan fingerprint density at radius 3 is 2.83 bits per heavy atom. The Labute approximate surface area is 143 Å². The van der Waals surface area contributed by atoms with E-state index in [1.54, 1.807) is 0 Å². The highest BCUT2D eigenvalue weighted by molar-refractivity contribution is 5.81. The number of benzene rings is 1. The number of imidazole rings is 1. The topological polar surface area (TPSA) is 38.1 Å². The van der Waals surface area contributed by atoms with Crippen LogP contribution in [0.1, 0.15) is 51.3 Å². The van der Waals surface area contributed by atoms with Gasteiger partial charge in [0.2, 0.25) is 5.91 Å². The molecule has 128 valence electrons. The van der Waals surface area contributed by atoms with Gasteiger partial charge in [0.25, 0.3) is 0 Å². The minimum absolute atomic E-state index is 0.282. The first-order chi connectivity index (χ1) is 11.8. The molecule has 1 aliphatic carbocycles. The molecule has 2 fully saturated rings. The Morgan fingerprint density at radius 1 is 1.17 bits per heavy atom. The number of piperidine rings is 1. The molecule has 1 aromatic heterocycles. The summed E-state index contributed by atoms with van der Waals surface area (Å²) < 4.78 is 2.13. The third-order valence-electron chi connectivity index (χ3n) is 5.91. The average Bonchev–Trinajstić information content (AvgIpc) is 2.99. The molecule has 0 bridgehead atoms. The van der Waals surface area contributed by atoms with Gasteiger partial charge in [-0.25, -0.2) is 4.98 Å². The van der Waals surface area contributed by atoms with Crippen molar-refractivity contribution in [2.45, 2.75) is 64.5 Å². The number of aryl methyl sites for hydroxylation is 1. The maximum atomic E-state index is 13.1. The molecule has 4 heteroatoms. The quantitative estimate of drug-likeness (QED) is 0.861. The van der Waals surface area contributed by atoms with Crippen molar-refractivity contribution in [3.05, 3.63) is 30.1 Å². The first-order valence-corrected chi connectivity index (χ1v) is 9.51. The molecule has 1 aliphatic heterocycles. The van der Waals surface area contributed by atoms with Crippen LogP contribution in [0.5, 0.6) is 0 Å². The Kier molecular flexibility index (Phi) is 4.30. The van der Waals surface area contributed by atoms with Crippen LogP contribution >= 0.6 is 0 Å². The largest absolute Gasteiger partial charge is 0.338 e. The van der Waals surface area contributed by atoms with E-state index < -0.39 is 0 Å². The van der Waals surface area contributed by atoms with Crippen molar-refractivity contribution in [3.8, 4) is 0 Å². The number of amides is 1. The number of likely N-dealkylation sites (tertiary alicyclic amines) is 1. The molecule has 0 spiro atoms. The van der Waals surface area contributed by atoms with Crippen LogP contribution < -0.4 is 0 Å². The van der Waals surface area contributed by atoms with Crippen molar-refractivity contribution in [2.24, 2.45) is 5.92 Å². The number of para-hydroxylation sites is 2. The molecule has 4 rings (SSSR count). The zero-order valence-electron chi connectivity index (χ0n) is 14.6. The number of carbonyl (C=O) groups excluding carboxylic acids is 1. The molecule has 2 aromatic rings. The van der Waals surface area contributed by atoms with E-state index in [1.807, 2.05) is 18.2 Å². The van der Waals surface area contributed by atoms with Gasteiger partial charge in [0.15, 0.2) is 0 Å². The van der Waals surface area contributed by atoms with Crippen LogP contribution in [-0.2, 0) is 17.8 Å². The summed E-state index contributed by atoms with van der Waals surface area (Å²) in [6.45, 7) is 3.49. The van der Waals surface area contributed by atoms with E-state index in [2.05, 4.69) is 22.5 Å². The van der Waals surface area contributed by atoms with Gasteiger partial charge >= 0.3 is 0 Å². The predicted molar refractivity (Wildman–Crippen MR) is 95.8 cm³/mol. The number of hydrogen-bond acceptors (Lipinski definition) is 2. The minimum atomic E-state index is 0.282. The van der Waals surface area contributed by atoms with E-state index >= 15 is 0 Å². The van der Waals surface area contributed by atoms with Crippen molar-refractivity contribution in [1.29, 1.82) is 0 Å². The summed E-state index contributed by atoms with van der Waals surface area (Å²) in [5.41, 5.74) is 2.08. The van der Waals surface area contributed by atoms with Crippen molar-refractivity contribution in [1.82, 2.24) is 14.5 Å². The van der Waals surface area contributed by atoms with Crippen LogP contribution in [0.25, 0.3) is 11.0 Å². The number of rotatable bonds is 3. The second-order valence-electron chi connectivity index (χ2n) is 7.30. The van der Waals surface area contributed by atoms with Crippen LogP contribution in [0.3, 0.4) is 0 Å². The summed E-state index contributed by atoms with van der Waals surface area (Å²) in [5, 5.41) is 0. The number of nitrogens with zero attached hydrogens (tertiary/aromatic N) is 3. The van der Waals surface area contributed by atoms with E-state index in [-0.39, 0.29) is 5.91 Å². The number of carbonyl (C=O) groups is 1. The summed E-state index contributed by atoms with van der Waals surface area (Å²) in [4.78, 5) is 20.0. The normalized spacial score (nSPS) is 24.1. The first-order valence-electron chi connectivity index (χ1n) is 9.51. The van der Waals surface area contributed by atoms with E-state index in [0.29, 0.717) is 12.6 Å². The third kappa shape index (κ3) is 2.72. The Morgan fingerprint density at radius 2 is 1.96 bits per heavy atom.